The summed E-state index contributed by atoms with van der Waals surface area (Å²) in [6, 6.07) is 0.543. The van der Waals surface area contributed by atoms with E-state index in [2.05, 4.69) is 11.8 Å². The van der Waals surface area contributed by atoms with Crippen LogP contribution in [0.1, 0.15) is 26.2 Å². The van der Waals surface area contributed by atoms with Gasteiger partial charge in [0.1, 0.15) is 0 Å². The van der Waals surface area contributed by atoms with E-state index in [4.69, 9.17) is 10.2 Å². The zero-order valence-electron chi connectivity index (χ0n) is 7.94. The summed E-state index contributed by atoms with van der Waals surface area (Å²) in [5.41, 5.74) is 0. The molecule has 2 N–H and O–H groups in total. The van der Waals surface area contributed by atoms with Gasteiger partial charge < -0.3 is 15.1 Å². The van der Waals surface area contributed by atoms with Gasteiger partial charge in [-0.15, -0.1) is 0 Å². The average Bonchev–Trinajstić information content (AvgIpc) is 2.47. The second-order valence-electron chi connectivity index (χ2n) is 3.67. The first-order valence-corrected chi connectivity index (χ1v) is 4.76. The third kappa shape index (κ3) is 2.97. The molecule has 0 aromatic heterocycles. The summed E-state index contributed by atoms with van der Waals surface area (Å²) in [7, 11) is 0. The van der Waals surface area contributed by atoms with Crippen LogP contribution in [0.2, 0.25) is 0 Å². The van der Waals surface area contributed by atoms with Crippen LogP contribution in [0.5, 0.6) is 0 Å². The second-order valence-corrected chi connectivity index (χ2v) is 3.67. The molecule has 0 aromatic rings. The van der Waals surface area contributed by atoms with Crippen LogP contribution >= 0.6 is 0 Å². The van der Waals surface area contributed by atoms with Gasteiger partial charge in [-0.2, -0.15) is 0 Å². The number of aliphatic carboxylic acids is 1. The molecule has 1 fully saturated rings. The van der Waals surface area contributed by atoms with Crippen molar-refractivity contribution in [3.63, 3.8) is 0 Å². The summed E-state index contributed by atoms with van der Waals surface area (Å²) >= 11 is 0. The number of carbonyl (C=O) groups is 1. The molecule has 0 amide bonds. The van der Waals surface area contributed by atoms with Crippen LogP contribution in [0.15, 0.2) is 0 Å². The zero-order chi connectivity index (χ0) is 9.84. The molecule has 1 saturated heterocycles. The van der Waals surface area contributed by atoms with E-state index in [0.717, 1.165) is 6.54 Å². The van der Waals surface area contributed by atoms with E-state index >= 15 is 0 Å². The van der Waals surface area contributed by atoms with Crippen molar-refractivity contribution in [3.05, 3.63) is 0 Å². The maximum absolute atomic E-state index is 10.3. The first-order valence-electron chi connectivity index (χ1n) is 4.76. The highest BCUT2D eigenvalue weighted by atomic mass is 16.4. The molecule has 1 heterocycles. The lowest BCUT2D eigenvalue weighted by atomic mass is 10.2. The fourth-order valence-corrected chi connectivity index (χ4v) is 1.74. The van der Waals surface area contributed by atoms with Crippen molar-refractivity contribution in [2.45, 2.75) is 38.3 Å². The highest BCUT2D eigenvalue weighted by Crippen LogP contribution is 2.16. The minimum Gasteiger partial charge on any atom is -0.479 e. The molecule has 2 atom stereocenters. The monoisotopic (exact) mass is 187 g/mol. The highest BCUT2D eigenvalue weighted by molar-refractivity contribution is 5.71. The van der Waals surface area contributed by atoms with Gasteiger partial charge in [0.2, 0.25) is 0 Å². The Kier molecular flexibility index (Phi) is 3.69. The summed E-state index contributed by atoms with van der Waals surface area (Å²) in [4.78, 5) is 12.5. The standard InChI is InChI=1S/C9H17NO3/c1-7-3-2-5-10(7)6-4-8(11)9(12)13/h7-8,11H,2-6H2,1H3,(H,12,13). The summed E-state index contributed by atoms with van der Waals surface area (Å²) in [5, 5.41) is 17.5. The predicted octanol–water partition coefficient (Wildman–Crippen LogP) is 0.306. The summed E-state index contributed by atoms with van der Waals surface area (Å²) in [6.07, 6.45) is 1.50. The molecule has 0 bridgehead atoms. The van der Waals surface area contributed by atoms with E-state index in [0.29, 0.717) is 19.0 Å². The van der Waals surface area contributed by atoms with Crippen molar-refractivity contribution in [2.24, 2.45) is 0 Å². The molecular formula is C9H17NO3. The maximum atomic E-state index is 10.3. The lowest BCUT2D eigenvalue weighted by Crippen LogP contribution is -2.32. The average molecular weight is 187 g/mol. The fraction of sp³-hybridized carbons (Fsp3) is 0.889. The largest absolute Gasteiger partial charge is 0.479 e. The molecule has 4 heteroatoms. The van der Waals surface area contributed by atoms with Crippen molar-refractivity contribution in [1.29, 1.82) is 0 Å². The van der Waals surface area contributed by atoms with E-state index in [1.165, 1.54) is 12.8 Å². The first kappa shape index (κ1) is 10.5. The van der Waals surface area contributed by atoms with Gasteiger partial charge in [-0.05, 0) is 32.7 Å². The Bertz CT molecular complexity index is 184. The number of carboxylic acids is 1. The molecule has 13 heavy (non-hydrogen) atoms. The van der Waals surface area contributed by atoms with Crippen molar-refractivity contribution in [1.82, 2.24) is 4.90 Å². The zero-order valence-corrected chi connectivity index (χ0v) is 7.94. The second kappa shape index (κ2) is 4.58. The van der Waals surface area contributed by atoms with E-state index in [-0.39, 0.29) is 0 Å². The number of likely N-dealkylation sites (tertiary alicyclic amines) is 1. The molecule has 0 radical (unpaired) electrons. The third-order valence-electron chi connectivity index (χ3n) is 2.67. The van der Waals surface area contributed by atoms with Crippen LogP contribution in [-0.4, -0.2) is 46.3 Å². The molecule has 4 nitrogen and oxygen atoms in total. The Hall–Kier alpha value is -0.610. The van der Waals surface area contributed by atoms with Gasteiger partial charge in [-0.3, -0.25) is 0 Å². The first-order chi connectivity index (χ1) is 6.11. The number of rotatable bonds is 4. The Morgan fingerprint density at radius 3 is 2.85 bits per heavy atom. The lowest BCUT2D eigenvalue weighted by molar-refractivity contribution is -0.147. The number of hydrogen-bond acceptors (Lipinski definition) is 3. The van der Waals surface area contributed by atoms with Gasteiger partial charge in [0.15, 0.2) is 6.10 Å². The Labute approximate surface area is 78.2 Å². The van der Waals surface area contributed by atoms with Crippen LogP contribution < -0.4 is 0 Å². The van der Waals surface area contributed by atoms with Crippen molar-refractivity contribution < 1.29 is 15.0 Å². The molecule has 1 rings (SSSR count). The normalized spacial score (nSPS) is 26.2. The van der Waals surface area contributed by atoms with Crippen molar-refractivity contribution >= 4 is 5.97 Å². The van der Waals surface area contributed by atoms with Gasteiger partial charge in [0.05, 0.1) is 0 Å². The quantitative estimate of drug-likeness (QED) is 0.665. The van der Waals surface area contributed by atoms with Gasteiger partial charge >= 0.3 is 5.97 Å². The summed E-state index contributed by atoms with van der Waals surface area (Å²) in [5.74, 6) is -1.12. The Morgan fingerprint density at radius 1 is 1.69 bits per heavy atom. The molecule has 0 aromatic carbocycles. The van der Waals surface area contributed by atoms with Crippen LogP contribution in [0.25, 0.3) is 0 Å². The van der Waals surface area contributed by atoms with Gasteiger partial charge in [0, 0.05) is 12.6 Å². The van der Waals surface area contributed by atoms with E-state index in [1.54, 1.807) is 0 Å². The molecule has 0 aliphatic carbocycles. The topological polar surface area (TPSA) is 60.8 Å². The Balaban J connectivity index is 2.22. The number of aliphatic hydroxyl groups excluding tert-OH is 1. The van der Waals surface area contributed by atoms with Crippen LogP contribution in [0.4, 0.5) is 0 Å². The maximum Gasteiger partial charge on any atom is 0.332 e. The molecule has 76 valence electrons. The van der Waals surface area contributed by atoms with Crippen LogP contribution in [0.3, 0.4) is 0 Å². The Morgan fingerprint density at radius 2 is 2.38 bits per heavy atom. The summed E-state index contributed by atoms with van der Waals surface area (Å²) < 4.78 is 0. The summed E-state index contributed by atoms with van der Waals surface area (Å²) in [6.45, 7) is 3.86. The molecule has 0 saturated carbocycles. The predicted molar refractivity (Wildman–Crippen MR) is 48.5 cm³/mol. The molecule has 1 aliphatic rings. The van der Waals surface area contributed by atoms with Crippen LogP contribution in [-0.2, 0) is 4.79 Å². The highest BCUT2D eigenvalue weighted by Gasteiger charge is 2.22. The van der Waals surface area contributed by atoms with Gasteiger partial charge in [0.25, 0.3) is 0 Å². The number of hydrogen-bond donors (Lipinski definition) is 2. The smallest absolute Gasteiger partial charge is 0.332 e. The van der Waals surface area contributed by atoms with E-state index in [9.17, 15) is 4.79 Å². The molecular weight excluding hydrogens is 170 g/mol. The molecule has 2 unspecified atom stereocenters. The van der Waals surface area contributed by atoms with Crippen molar-refractivity contribution in [2.75, 3.05) is 13.1 Å². The van der Waals surface area contributed by atoms with Gasteiger partial charge in [-0.1, -0.05) is 0 Å². The molecule has 0 spiro atoms. The minimum atomic E-state index is -1.20. The van der Waals surface area contributed by atoms with E-state index < -0.39 is 12.1 Å². The minimum absolute atomic E-state index is 0.333. The van der Waals surface area contributed by atoms with Crippen LogP contribution in [0, 0.1) is 0 Å². The lowest BCUT2D eigenvalue weighted by Gasteiger charge is -2.21. The van der Waals surface area contributed by atoms with Gasteiger partial charge in [-0.25, -0.2) is 4.79 Å². The van der Waals surface area contributed by atoms with Crippen molar-refractivity contribution in [3.8, 4) is 0 Å². The number of carboxylic acid groups (broad SMARTS) is 1. The number of nitrogens with zero attached hydrogens (tertiary/aromatic N) is 1. The fourth-order valence-electron chi connectivity index (χ4n) is 1.74. The number of aliphatic hydroxyl groups is 1. The van der Waals surface area contributed by atoms with E-state index in [1.807, 2.05) is 0 Å². The molecule has 1 aliphatic heterocycles. The SMILES string of the molecule is CC1CCCN1CCC(O)C(=O)O. The third-order valence-corrected chi connectivity index (χ3v) is 2.67.